The number of carbonyl (C=O) groups is 4. The summed E-state index contributed by atoms with van der Waals surface area (Å²) in [4.78, 5) is 52.9. The van der Waals surface area contributed by atoms with Crippen LogP contribution in [0, 0.1) is 11.7 Å². The molecular formula is C31H38FN3O6S. The Morgan fingerprint density at radius 1 is 1.17 bits per heavy atom. The van der Waals surface area contributed by atoms with Crippen molar-refractivity contribution in [2.45, 2.75) is 77.2 Å². The van der Waals surface area contributed by atoms with Crippen LogP contribution in [0.15, 0.2) is 35.9 Å². The lowest BCUT2D eigenvalue weighted by atomic mass is 9.93. The van der Waals surface area contributed by atoms with Crippen molar-refractivity contribution >= 4 is 40.8 Å². The summed E-state index contributed by atoms with van der Waals surface area (Å²) < 4.78 is 26.6. The summed E-state index contributed by atoms with van der Waals surface area (Å²) in [6.45, 7) is 9.39. The van der Waals surface area contributed by atoms with Crippen LogP contribution >= 0.6 is 11.8 Å². The molecule has 0 spiro atoms. The second kappa shape index (κ2) is 13.3. The van der Waals surface area contributed by atoms with Crippen LogP contribution in [-0.4, -0.2) is 68.2 Å². The molecule has 4 rings (SSSR count). The lowest BCUT2D eigenvalue weighted by Gasteiger charge is -2.38. The molecule has 1 saturated heterocycles. The van der Waals surface area contributed by atoms with Crippen LogP contribution in [-0.2, 0) is 30.3 Å². The van der Waals surface area contributed by atoms with E-state index >= 15 is 0 Å². The van der Waals surface area contributed by atoms with E-state index in [-0.39, 0.29) is 35.1 Å². The van der Waals surface area contributed by atoms with E-state index in [1.807, 2.05) is 4.90 Å². The Kier molecular flexibility index (Phi) is 10.0. The second-order valence-electron chi connectivity index (χ2n) is 11.6. The van der Waals surface area contributed by atoms with Crippen molar-refractivity contribution in [1.29, 1.82) is 0 Å². The molecule has 2 heterocycles. The molecule has 1 aromatic carbocycles. The fourth-order valence-corrected chi connectivity index (χ4v) is 5.96. The van der Waals surface area contributed by atoms with E-state index in [9.17, 15) is 23.6 Å². The number of likely N-dealkylation sites (tertiary alicyclic amines) is 1. The topological polar surface area (TPSA) is 108 Å². The Morgan fingerprint density at radius 3 is 2.50 bits per heavy atom. The number of halogens is 1. The second-order valence-corrected chi connectivity index (χ2v) is 13.0. The fourth-order valence-electron chi connectivity index (χ4n) is 5.05. The molecule has 1 aliphatic carbocycles. The first kappa shape index (κ1) is 31.6. The summed E-state index contributed by atoms with van der Waals surface area (Å²) in [5, 5.41) is 4.20. The molecular weight excluding hydrogens is 561 g/mol. The third-order valence-electron chi connectivity index (χ3n) is 6.93. The average Bonchev–Trinajstić information content (AvgIpc) is 3.67. The zero-order chi connectivity index (χ0) is 30.6. The number of ether oxygens (including phenoxy) is 2. The van der Waals surface area contributed by atoms with Gasteiger partial charge in [0, 0.05) is 36.7 Å². The third-order valence-corrected chi connectivity index (χ3v) is 8.09. The molecule has 9 nitrogen and oxygen atoms in total. The number of hydrogen-bond donors (Lipinski definition) is 0. The zero-order valence-corrected chi connectivity index (χ0v) is 25.5. The van der Waals surface area contributed by atoms with Crippen molar-refractivity contribution in [3.05, 3.63) is 58.7 Å². The van der Waals surface area contributed by atoms with E-state index in [4.69, 9.17) is 9.47 Å². The number of nitrogens with zero attached hydrogens (tertiary/aromatic N) is 3. The Balaban J connectivity index is 1.71. The van der Waals surface area contributed by atoms with Gasteiger partial charge in [-0.05, 0) is 70.7 Å². The van der Waals surface area contributed by atoms with Crippen LogP contribution in [0.25, 0.3) is 6.08 Å². The van der Waals surface area contributed by atoms with Crippen LogP contribution in [0.2, 0.25) is 0 Å². The summed E-state index contributed by atoms with van der Waals surface area (Å²) in [6, 6.07) is 7.23. The quantitative estimate of drug-likeness (QED) is 0.352. The fraction of sp³-hybridized carbons (Fsp3) is 0.516. The minimum atomic E-state index is -0.786. The minimum absolute atomic E-state index is 0.00282. The van der Waals surface area contributed by atoms with E-state index < -0.39 is 29.5 Å². The number of aromatic nitrogens is 2. The highest BCUT2D eigenvalue weighted by atomic mass is 32.2. The standard InChI is InChI=1S/C31H38FN3O6S/c1-6-40-27(37)17-23-16-22(33-35(23)30(39)41-31(3,4)5)15-21-18-34(14-13-26(21)42-19(2)36)28(29(38)20-11-12-20)24-9-7-8-10-25(24)32/h7-10,15-16,20,26,28H,6,11-14,17-18H2,1-5H3. The largest absolute Gasteiger partial charge is 0.466 e. The molecule has 0 bridgehead atoms. The van der Waals surface area contributed by atoms with Gasteiger partial charge in [0.05, 0.1) is 30.5 Å². The molecule has 226 valence electrons. The van der Waals surface area contributed by atoms with Gasteiger partial charge in [0.2, 0.25) is 0 Å². The first-order chi connectivity index (χ1) is 19.9. The molecule has 1 aromatic heterocycles. The van der Waals surface area contributed by atoms with Crippen molar-refractivity contribution in [2.75, 3.05) is 19.7 Å². The van der Waals surface area contributed by atoms with Crippen LogP contribution < -0.4 is 0 Å². The highest BCUT2D eigenvalue weighted by Crippen LogP contribution is 2.40. The molecule has 0 amide bonds. The summed E-state index contributed by atoms with van der Waals surface area (Å²) in [5.41, 5.74) is 1.06. The summed E-state index contributed by atoms with van der Waals surface area (Å²) in [7, 11) is 0. The number of benzene rings is 1. The number of rotatable bonds is 9. The van der Waals surface area contributed by atoms with Crippen LogP contribution in [0.5, 0.6) is 0 Å². The van der Waals surface area contributed by atoms with E-state index in [0.29, 0.717) is 36.5 Å². The maximum Gasteiger partial charge on any atom is 0.435 e. The first-order valence-corrected chi connectivity index (χ1v) is 15.1. The smallest absolute Gasteiger partial charge is 0.435 e. The van der Waals surface area contributed by atoms with E-state index in [1.54, 1.807) is 58.0 Å². The van der Waals surface area contributed by atoms with Crippen LogP contribution in [0.1, 0.15) is 76.9 Å². The van der Waals surface area contributed by atoms with Gasteiger partial charge in [-0.3, -0.25) is 19.3 Å². The van der Waals surface area contributed by atoms with Crippen molar-refractivity contribution in [1.82, 2.24) is 14.7 Å². The summed E-state index contributed by atoms with van der Waals surface area (Å²) in [5.74, 6) is -1.02. The summed E-state index contributed by atoms with van der Waals surface area (Å²) in [6.07, 6.45) is 3.01. The highest BCUT2D eigenvalue weighted by molar-refractivity contribution is 8.14. The Hall–Kier alpha value is -3.31. The predicted molar refractivity (Wildman–Crippen MR) is 157 cm³/mol. The monoisotopic (exact) mass is 599 g/mol. The van der Waals surface area contributed by atoms with Crippen molar-refractivity contribution < 1.29 is 33.0 Å². The molecule has 2 fully saturated rings. The molecule has 2 aromatic rings. The minimum Gasteiger partial charge on any atom is -0.466 e. The van der Waals surface area contributed by atoms with Gasteiger partial charge < -0.3 is 9.47 Å². The number of Topliss-reactive ketones (excluding diaryl/α,β-unsaturated/α-hetero) is 1. The number of carbonyl (C=O) groups excluding carboxylic acids is 4. The number of thioether (sulfide) groups is 1. The van der Waals surface area contributed by atoms with E-state index in [2.05, 4.69) is 5.10 Å². The number of esters is 1. The van der Waals surface area contributed by atoms with Gasteiger partial charge in [0.1, 0.15) is 11.4 Å². The van der Waals surface area contributed by atoms with Crippen molar-refractivity contribution in [2.24, 2.45) is 5.92 Å². The molecule has 1 aliphatic heterocycles. The normalized spacial score (nSPS) is 19.4. The molecule has 11 heteroatoms. The van der Waals surface area contributed by atoms with Gasteiger partial charge in [-0.1, -0.05) is 30.0 Å². The van der Waals surface area contributed by atoms with Crippen LogP contribution in [0.3, 0.4) is 0 Å². The van der Waals surface area contributed by atoms with Crippen molar-refractivity contribution in [3.63, 3.8) is 0 Å². The average molecular weight is 600 g/mol. The van der Waals surface area contributed by atoms with E-state index in [1.165, 1.54) is 24.8 Å². The molecule has 2 atom stereocenters. The van der Waals surface area contributed by atoms with E-state index in [0.717, 1.165) is 23.1 Å². The zero-order valence-electron chi connectivity index (χ0n) is 24.7. The molecule has 0 N–H and O–H groups in total. The van der Waals surface area contributed by atoms with Gasteiger partial charge >= 0.3 is 12.1 Å². The summed E-state index contributed by atoms with van der Waals surface area (Å²) >= 11 is 1.19. The first-order valence-electron chi connectivity index (χ1n) is 14.2. The molecule has 42 heavy (non-hydrogen) atoms. The Bertz CT molecular complexity index is 1380. The SMILES string of the molecule is CCOC(=O)Cc1cc(C=C2CN(C(C(=O)C3CC3)c3ccccc3F)CCC2SC(C)=O)nn1C(=O)OC(C)(C)C. The lowest BCUT2D eigenvalue weighted by molar-refractivity contribution is -0.142. The Labute approximate surface area is 249 Å². The van der Waals surface area contributed by atoms with Gasteiger partial charge in [-0.25, -0.2) is 9.18 Å². The maximum absolute atomic E-state index is 15.0. The van der Waals surface area contributed by atoms with Crippen molar-refractivity contribution in [3.8, 4) is 0 Å². The molecule has 2 unspecified atom stereocenters. The Morgan fingerprint density at radius 2 is 1.88 bits per heavy atom. The number of piperidine rings is 1. The molecule has 1 saturated carbocycles. The molecule has 2 aliphatic rings. The highest BCUT2D eigenvalue weighted by Gasteiger charge is 2.41. The van der Waals surface area contributed by atoms with Gasteiger partial charge in [0.25, 0.3) is 0 Å². The van der Waals surface area contributed by atoms with Crippen LogP contribution in [0.4, 0.5) is 9.18 Å². The maximum atomic E-state index is 15.0. The van der Waals surface area contributed by atoms with Gasteiger partial charge in [0.15, 0.2) is 10.9 Å². The number of hydrogen-bond acceptors (Lipinski definition) is 9. The number of ketones is 1. The predicted octanol–water partition coefficient (Wildman–Crippen LogP) is 5.37. The third kappa shape index (κ3) is 8.16. The van der Waals surface area contributed by atoms with Gasteiger partial charge in [-0.15, -0.1) is 0 Å². The molecule has 0 radical (unpaired) electrons. The van der Waals surface area contributed by atoms with Gasteiger partial charge in [-0.2, -0.15) is 9.78 Å². The lowest BCUT2D eigenvalue weighted by Crippen LogP contribution is -2.43.